The number of carbonyl (C=O) groups is 1. The first kappa shape index (κ1) is 14.5. The third kappa shape index (κ3) is 2.40. The Labute approximate surface area is 121 Å². The summed E-state index contributed by atoms with van der Waals surface area (Å²) in [5.74, 6) is 0.131. The molecule has 1 heteroatoms. The van der Waals surface area contributed by atoms with E-state index >= 15 is 0 Å². The average Bonchev–Trinajstić information content (AvgIpc) is 2.39. The number of hydrogen-bond acceptors (Lipinski definition) is 1. The maximum Gasteiger partial charge on any atom is 0.193 e. The summed E-state index contributed by atoms with van der Waals surface area (Å²) >= 11 is 0. The number of benzene rings is 2. The Balaban J connectivity index is 2.59. The molecule has 0 atom stereocenters. The van der Waals surface area contributed by atoms with Crippen LogP contribution in [0.25, 0.3) is 0 Å². The van der Waals surface area contributed by atoms with E-state index in [1.165, 1.54) is 16.7 Å². The second-order valence-electron chi connectivity index (χ2n) is 5.76. The average molecular weight is 266 g/mol. The molecule has 0 bridgehead atoms. The van der Waals surface area contributed by atoms with Crippen LogP contribution in [0.15, 0.2) is 24.3 Å². The van der Waals surface area contributed by atoms with Crippen LogP contribution in [0.1, 0.15) is 49.3 Å². The molecule has 0 saturated heterocycles. The third-order valence-electron chi connectivity index (χ3n) is 4.35. The fourth-order valence-corrected chi connectivity index (χ4v) is 2.66. The molecule has 0 N–H and O–H groups in total. The topological polar surface area (TPSA) is 17.1 Å². The van der Waals surface area contributed by atoms with Crippen molar-refractivity contribution in [2.24, 2.45) is 0 Å². The van der Waals surface area contributed by atoms with Crippen LogP contribution in [0.2, 0.25) is 0 Å². The van der Waals surface area contributed by atoms with Gasteiger partial charge in [0.2, 0.25) is 0 Å². The second-order valence-corrected chi connectivity index (χ2v) is 5.76. The molecule has 0 amide bonds. The summed E-state index contributed by atoms with van der Waals surface area (Å²) in [4.78, 5) is 12.8. The van der Waals surface area contributed by atoms with E-state index in [0.29, 0.717) is 0 Å². The van der Waals surface area contributed by atoms with E-state index in [2.05, 4.69) is 26.8 Å². The Morgan fingerprint density at radius 2 is 1.35 bits per heavy atom. The molecule has 0 aliphatic carbocycles. The van der Waals surface area contributed by atoms with Crippen LogP contribution in [0.3, 0.4) is 0 Å². The van der Waals surface area contributed by atoms with E-state index in [9.17, 15) is 4.79 Å². The number of carbonyl (C=O) groups excluding carboxylic acids is 1. The number of rotatable bonds is 2. The van der Waals surface area contributed by atoms with Gasteiger partial charge in [-0.15, -0.1) is 0 Å². The fraction of sp³-hybridized carbons (Fsp3) is 0.316. The highest BCUT2D eigenvalue weighted by atomic mass is 16.1. The van der Waals surface area contributed by atoms with E-state index in [4.69, 9.17) is 0 Å². The van der Waals surface area contributed by atoms with Crippen LogP contribution in [-0.2, 0) is 0 Å². The highest BCUT2D eigenvalue weighted by Crippen LogP contribution is 2.24. The zero-order valence-electron chi connectivity index (χ0n) is 13.2. The van der Waals surface area contributed by atoms with Crippen LogP contribution < -0.4 is 0 Å². The van der Waals surface area contributed by atoms with Gasteiger partial charge in [0.25, 0.3) is 0 Å². The van der Waals surface area contributed by atoms with Gasteiger partial charge in [0.15, 0.2) is 5.78 Å². The maximum atomic E-state index is 12.8. The molecule has 0 aromatic heterocycles. The summed E-state index contributed by atoms with van der Waals surface area (Å²) in [5, 5.41) is 0. The van der Waals surface area contributed by atoms with E-state index in [1.54, 1.807) is 0 Å². The smallest absolute Gasteiger partial charge is 0.193 e. The standard InChI is InChI=1S/C19H22O/c1-11-7-8-17(10-12(11)2)19(20)18-14(4)9-13(3)15(5)16(18)6/h7-10H,1-6H3. The quantitative estimate of drug-likeness (QED) is 0.716. The molecule has 1 nitrogen and oxygen atoms in total. The molecule has 0 unspecified atom stereocenters. The predicted octanol–water partition coefficient (Wildman–Crippen LogP) is 4.77. The van der Waals surface area contributed by atoms with Crippen LogP contribution in [-0.4, -0.2) is 5.78 Å². The minimum absolute atomic E-state index is 0.131. The number of ketones is 1. The van der Waals surface area contributed by atoms with E-state index in [-0.39, 0.29) is 5.78 Å². The number of hydrogen-bond donors (Lipinski definition) is 0. The van der Waals surface area contributed by atoms with Gasteiger partial charge in [0, 0.05) is 11.1 Å². The van der Waals surface area contributed by atoms with Gasteiger partial charge in [0.05, 0.1) is 0 Å². The van der Waals surface area contributed by atoms with Crippen molar-refractivity contribution in [1.82, 2.24) is 0 Å². The Morgan fingerprint density at radius 1 is 0.700 bits per heavy atom. The first-order chi connectivity index (χ1) is 9.32. The molecule has 0 spiro atoms. The lowest BCUT2D eigenvalue weighted by atomic mass is 9.89. The lowest BCUT2D eigenvalue weighted by Crippen LogP contribution is -2.09. The van der Waals surface area contributed by atoms with Crippen LogP contribution in [0.5, 0.6) is 0 Å². The normalized spacial score (nSPS) is 10.7. The molecule has 2 aromatic carbocycles. The fourth-order valence-electron chi connectivity index (χ4n) is 2.66. The molecule has 2 aromatic rings. The predicted molar refractivity (Wildman–Crippen MR) is 84.7 cm³/mol. The SMILES string of the molecule is Cc1ccc(C(=O)c2c(C)cc(C)c(C)c2C)cc1C. The van der Waals surface area contributed by atoms with Crippen molar-refractivity contribution < 1.29 is 4.79 Å². The minimum atomic E-state index is 0.131. The van der Waals surface area contributed by atoms with Gasteiger partial charge < -0.3 is 0 Å². The molecular weight excluding hydrogens is 244 g/mol. The summed E-state index contributed by atoms with van der Waals surface area (Å²) in [6.07, 6.45) is 0. The van der Waals surface area contributed by atoms with Crippen LogP contribution in [0, 0.1) is 41.5 Å². The zero-order valence-corrected chi connectivity index (χ0v) is 13.2. The highest BCUT2D eigenvalue weighted by molar-refractivity contribution is 6.11. The lowest BCUT2D eigenvalue weighted by Gasteiger charge is -2.14. The van der Waals surface area contributed by atoms with Gasteiger partial charge in [-0.1, -0.05) is 18.2 Å². The summed E-state index contributed by atoms with van der Waals surface area (Å²) in [6.45, 7) is 12.4. The highest BCUT2D eigenvalue weighted by Gasteiger charge is 2.17. The molecule has 0 radical (unpaired) electrons. The minimum Gasteiger partial charge on any atom is -0.289 e. The first-order valence-corrected chi connectivity index (χ1v) is 7.02. The lowest BCUT2D eigenvalue weighted by molar-refractivity contribution is 0.103. The Morgan fingerprint density at radius 3 is 1.95 bits per heavy atom. The Bertz CT molecular complexity index is 693. The van der Waals surface area contributed by atoms with Crippen LogP contribution >= 0.6 is 0 Å². The number of aryl methyl sites for hydroxylation is 4. The largest absolute Gasteiger partial charge is 0.289 e. The van der Waals surface area contributed by atoms with Crippen LogP contribution in [0.4, 0.5) is 0 Å². The molecule has 20 heavy (non-hydrogen) atoms. The molecule has 0 fully saturated rings. The van der Waals surface area contributed by atoms with Crippen molar-refractivity contribution in [2.45, 2.75) is 41.5 Å². The third-order valence-corrected chi connectivity index (χ3v) is 4.35. The molecule has 0 heterocycles. The zero-order chi connectivity index (χ0) is 15.0. The van der Waals surface area contributed by atoms with Crippen molar-refractivity contribution >= 4 is 5.78 Å². The Kier molecular flexibility index (Phi) is 3.80. The molecule has 0 saturated carbocycles. The maximum absolute atomic E-state index is 12.8. The van der Waals surface area contributed by atoms with Gasteiger partial charge in [-0.2, -0.15) is 0 Å². The van der Waals surface area contributed by atoms with Gasteiger partial charge in [0.1, 0.15) is 0 Å². The first-order valence-electron chi connectivity index (χ1n) is 7.02. The van der Waals surface area contributed by atoms with Crippen molar-refractivity contribution in [2.75, 3.05) is 0 Å². The van der Waals surface area contributed by atoms with E-state index < -0.39 is 0 Å². The van der Waals surface area contributed by atoms with Gasteiger partial charge in [-0.25, -0.2) is 0 Å². The Hall–Kier alpha value is -1.89. The van der Waals surface area contributed by atoms with E-state index in [1.807, 2.05) is 39.0 Å². The van der Waals surface area contributed by atoms with Gasteiger partial charge in [-0.3, -0.25) is 4.79 Å². The van der Waals surface area contributed by atoms with Crippen molar-refractivity contribution in [3.63, 3.8) is 0 Å². The van der Waals surface area contributed by atoms with Crippen molar-refractivity contribution in [1.29, 1.82) is 0 Å². The monoisotopic (exact) mass is 266 g/mol. The van der Waals surface area contributed by atoms with Gasteiger partial charge in [-0.05, 0) is 81.0 Å². The molecular formula is C19H22O. The summed E-state index contributed by atoms with van der Waals surface area (Å²) in [5.41, 5.74) is 8.64. The summed E-state index contributed by atoms with van der Waals surface area (Å²) in [7, 11) is 0. The molecule has 104 valence electrons. The molecule has 0 aliphatic heterocycles. The molecule has 2 rings (SSSR count). The van der Waals surface area contributed by atoms with Gasteiger partial charge >= 0.3 is 0 Å². The van der Waals surface area contributed by atoms with E-state index in [0.717, 1.165) is 27.8 Å². The second kappa shape index (κ2) is 5.24. The molecule has 0 aliphatic rings. The summed E-state index contributed by atoms with van der Waals surface area (Å²) in [6, 6.07) is 8.05. The van der Waals surface area contributed by atoms with Crippen molar-refractivity contribution in [3.8, 4) is 0 Å². The van der Waals surface area contributed by atoms with Crippen molar-refractivity contribution in [3.05, 3.63) is 68.8 Å². The summed E-state index contributed by atoms with van der Waals surface area (Å²) < 4.78 is 0.